The summed E-state index contributed by atoms with van der Waals surface area (Å²) in [5, 5.41) is 0. The first-order chi connectivity index (χ1) is 7.83. The number of unbranched alkanes of at least 4 members (excludes halogenated alkanes) is 2. The third kappa shape index (κ3) is 4.00. The summed E-state index contributed by atoms with van der Waals surface area (Å²) in [5.41, 5.74) is 2.95. The third-order valence-electron chi connectivity index (χ3n) is 2.92. The summed E-state index contributed by atoms with van der Waals surface area (Å²) in [6, 6.07) is 6.49. The van der Waals surface area contributed by atoms with E-state index < -0.39 is 0 Å². The topological polar surface area (TPSA) is 9.23 Å². The van der Waals surface area contributed by atoms with Crippen LogP contribution in [0.1, 0.15) is 50.7 Å². The SMILES string of the molecule is CCCCc1cccc([O][Sn])c1CCCC. The molecule has 1 aromatic rings. The van der Waals surface area contributed by atoms with Crippen molar-refractivity contribution in [1.82, 2.24) is 0 Å². The van der Waals surface area contributed by atoms with E-state index in [9.17, 15) is 0 Å². The second-order valence-electron chi connectivity index (χ2n) is 4.20. The van der Waals surface area contributed by atoms with Crippen molar-refractivity contribution in [2.45, 2.75) is 52.4 Å². The van der Waals surface area contributed by atoms with Crippen LogP contribution in [-0.4, -0.2) is 22.9 Å². The van der Waals surface area contributed by atoms with Crippen molar-refractivity contribution < 1.29 is 3.07 Å². The summed E-state index contributed by atoms with van der Waals surface area (Å²) in [5.74, 6) is 1.11. The van der Waals surface area contributed by atoms with Gasteiger partial charge in [-0.25, -0.2) is 0 Å². The number of hydrogen-bond donors (Lipinski definition) is 0. The van der Waals surface area contributed by atoms with Gasteiger partial charge >= 0.3 is 113 Å². The van der Waals surface area contributed by atoms with Crippen LogP contribution < -0.4 is 3.07 Å². The van der Waals surface area contributed by atoms with Gasteiger partial charge in [0, 0.05) is 0 Å². The van der Waals surface area contributed by atoms with Crippen molar-refractivity contribution in [2.75, 3.05) is 0 Å². The van der Waals surface area contributed by atoms with Crippen LogP contribution in [-0.2, 0) is 12.8 Å². The summed E-state index contributed by atoms with van der Waals surface area (Å²) in [7, 11) is 0. The molecule has 1 rings (SSSR count). The minimum atomic E-state index is 1.11. The summed E-state index contributed by atoms with van der Waals surface area (Å²) in [6.07, 6.45) is 7.41. The molecule has 0 bridgehead atoms. The van der Waals surface area contributed by atoms with Crippen molar-refractivity contribution in [3.05, 3.63) is 29.3 Å². The fourth-order valence-electron chi connectivity index (χ4n) is 1.95. The van der Waals surface area contributed by atoms with Gasteiger partial charge in [0.15, 0.2) is 0 Å². The molecule has 0 spiro atoms. The van der Waals surface area contributed by atoms with E-state index in [4.69, 9.17) is 3.07 Å². The first kappa shape index (κ1) is 13.9. The van der Waals surface area contributed by atoms with Gasteiger partial charge in [0.25, 0.3) is 0 Å². The molecule has 0 aromatic heterocycles. The van der Waals surface area contributed by atoms with Crippen LogP contribution >= 0.6 is 0 Å². The molecule has 16 heavy (non-hydrogen) atoms. The van der Waals surface area contributed by atoms with Gasteiger partial charge in [-0.05, 0) is 0 Å². The molecule has 0 fully saturated rings. The van der Waals surface area contributed by atoms with Crippen LogP contribution in [0.15, 0.2) is 18.2 Å². The molecule has 0 atom stereocenters. The van der Waals surface area contributed by atoms with Crippen molar-refractivity contribution in [1.29, 1.82) is 0 Å². The quantitative estimate of drug-likeness (QED) is 0.693. The molecule has 2 heteroatoms. The molecular formula is C14H21OSn. The molecular weight excluding hydrogens is 303 g/mol. The van der Waals surface area contributed by atoms with Gasteiger partial charge in [0.1, 0.15) is 0 Å². The Balaban J connectivity index is 2.86. The zero-order valence-corrected chi connectivity index (χ0v) is 13.2. The Labute approximate surface area is 113 Å². The molecule has 0 unspecified atom stereocenters. The van der Waals surface area contributed by atoms with Gasteiger partial charge in [-0.1, -0.05) is 0 Å². The van der Waals surface area contributed by atoms with Gasteiger partial charge in [-0.3, -0.25) is 0 Å². The van der Waals surface area contributed by atoms with Gasteiger partial charge in [0.2, 0.25) is 0 Å². The van der Waals surface area contributed by atoms with Crippen LogP contribution in [0.5, 0.6) is 5.75 Å². The molecule has 0 saturated heterocycles. The fraction of sp³-hybridized carbons (Fsp3) is 0.571. The Hall–Kier alpha value is -0.181. The standard InChI is InChI=1S/C14H22O.Sn/c1-3-5-8-12-9-7-11-14(15)13(12)10-6-4-2;/h7,9,11,15H,3-6,8,10H2,1-2H3;/q;+1/p-1. The number of benzene rings is 1. The molecule has 0 heterocycles. The van der Waals surface area contributed by atoms with E-state index in [0.717, 1.165) is 28.7 Å². The van der Waals surface area contributed by atoms with Crippen molar-refractivity contribution >= 4 is 22.9 Å². The molecule has 3 radical (unpaired) electrons. The predicted octanol–water partition coefficient (Wildman–Crippen LogP) is 3.83. The Bertz CT molecular complexity index is 310. The number of aryl methyl sites for hydroxylation is 1. The molecule has 1 nitrogen and oxygen atoms in total. The molecule has 0 saturated carbocycles. The molecule has 0 N–H and O–H groups in total. The van der Waals surface area contributed by atoms with E-state index in [-0.39, 0.29) is 0 Å². The Morgan fingerprint density at radius 1 is 1.06 bits per heavy atom. The Morgan fingerprint density at radius 2 is 1.75 bits per heavy atom. The normalized spacial score (nSPS) is 10.4. The first-order valence-electron chi connectivity index (χ1n) is 6.27. The maximum atomic E-state index is 5.55. The van der Waals surface area contributed by atoms with Crippen LogP contribution in [0.4, 0.5) is 0 Å². The average molecular weight is 324 g/mol. The van der Waals surface area contributed by atoms with E-state index in [1.807, 2.05) is 0 Å². The van der Waals surface area contributed by atoms with E-state index in [2.05, 4.69) is 32.0 Å². The molecule has 0 amide bonds. The molecule has 0 aliphatic carbocycles. The summed E-state index contributed by atoms with van der Waals surface area (Å²) >= 11 is 1.13. The van der Waals surface area contributed by atoms with Gasteiger partial charge in [-0.15, -0.1) is 0 Å². The van der Waals surface area contributed by atoms with Crippen LogP contribution in [0, 0.1) is 0 Å². The molecule has 0 aliphatic heterocycles. The Kier molecular flexibility index (Phi) is 6.93. The van der Waals surface area contributed by atoms with Gasteiger partial charge in [-0.2, -0.15) is 0 Å². The van der Waals surface area contributed by atoms with E-state index in [0.29, 0.717) is 0 Å². The van der Waals surface area contributed by atoms with Crippen LogP contribution in [0.25, 0.3) is 0 Å². The summed E-state index contributed by atoms with van der Waals surface area (Å²) < 4.78 is 5.55. The fourth-order valence-corrected chi connectivity index (χ4v) is 2.49. The van der Waals surface area contributed by atoms with Crippen LogP contribution in [0.2, 0.25) is 0 Å². The number of rotatable bonds is 7. The van der Waals surface area contributed by atoms with E-state index in [1.54, 1.807) is 0 Å². The minimum absolute atomic E-state index is 1.11. The number of hydrogen-bond acceptors (Lipinski definition) is 1. The molecule has 1 aromatic carbocycles. The second kappa shape index (κ2) is 7.99. The maximum absolute atomic E-state index is 5.55. The van der Waals surface area contributed by atoms with Crippen molar-refractivity contribution in [3.63, 3.8) is 0 Å². The Morgan fingerprint density at radius 3 is 2.38 bits per heavy atom. The monoisotopic (exact) mass is 325 g/mol. The van der Waals surface area contributed by atoms with Crippen molar-refractivity contribution in [3.8, 4) is 5.75 Å². The van der Waals surface area contributed by atoms with Gasteiger partial charge in [0.05, 0.1) is 0 Å². The molecule has 87 valence electrons. The zero-order valence-electron chi connectivity index (χ0n) is 10.4. The summed E-state index contributed by atoms with van der Waals surface area (Å²) in [6.45, 7) is 4.49. The average Bonchev–Trinajstić information content (AvgIpc) is 2.33. The van der Waals surface area contributed by atoms with Gasteiger partial charge < -0.3 is 0 Å². The van der Waals surface area contributed by atoms with Crippen molar-refractivity contribution in [2.24, 2.45) is 0 Å². The summed E-state index contributed by atoms with van der Waals surface area (Å²) in [4.78, 5) is 0. The first-order valence-corrected chi connectivity index (χ1v) is 7.44. The van der Waals surface area contributed by atoms with E-state index in [1.165, 1.54) is 49.7 Å². The predicted molar refractivity (Wildman–Crippen MR) is 70.0 cm³/mol. The third-order valence-corrected chi connectivity index (χ3v) is 3.55. The second-order valence-corrected chi connectivity index (χ2v) is 4.79. The van der Waals surface area contributed by atoms with E-state index >= 15 is 0 Å². The zero-order chi connectivity index (χ0) is 11.8. The van der Waals surface area contributed by atoms with Crippen LogP contribution in [0.3, 0.4) is 0 Å². The molecule has 0 aliphatic rings.